The summed E-state index contributed by atoms with van der Waals surface area (Å²) in [6, 6.07) is 5.87. The van der Waals surface area contributed by atoms with Crippen LogP contribution < -0.4 is 16.0 Å². The number of rotatable bonds is 6. The molecule has 0 radical (unpaired) electrons. The molecule has 35 heavy (non-hydrogen) atoms. The fourth-order valence-corrected chi connectivity index (χ4v) is 4.99. The van der Waals surface area contributed by atoms with Gasteiger partial charge in [0.15, 0.2) is 5.13 Å². The average molecular weight is 497 g/mol. The van der Waals surface area contributed by atoms with Gasteiger partial charge in [0.1, 0.15) is 18.1 Å². The van der Waals surface area contributed by atoms with E-state index in [0.29, 0.717) is 16.4 Å². The smallest absolute Gasteiger partial charge is 0.250 e. The molecule has 1 aliphatic heterocycles. The number of carbonyl (C=O) groups excluding carboxylic acids is 2. The molecule has 1 aliphatic rings. The minimum Gasteiger partial charge on any atom is -0.372 e. The Morgan fingerprint density at radius 3 is 2.49 bits per heavy atom. The number of nitrogens with one attached hydrogen (secondary N) is 1. The summed E-state index contributed by atoms with van der Waals surface area (Å²) in [7, 11) is 0. The molecule has 3 aromatic heterocycles. The van der Waals surface area contributed by atoms with Crippen LogP contribution in [0.25, 0.3) is 11.4 Å². The molecule has 186 valence electrons. The summed E-state index contributed by atoms with van der Waals surface area (Å²) < 4.78 is 7.51. The highest BCUT2D eigenvalue weighted by atomic mass is 32.1. The lowest BCUT2D eigenvalue weighted by atomic mass is 9.86. The number of aromatic nitrogens is 3. The van der Waals surface area contributed by atoms with Crippen LogP contribution in [0, 0.1) is 0 Å². The number of morpholine rings is 1. The number of ether oxygens (including phenoxy) is 1. The van der Waals surface area contributed by atoms with E-state index >= 15 is 0 Å². The minimum absolute atomic E-state index is 0.0480. The van der Waals surface area contributed by atoms with Crippen molar-refractivity contribution in [3.05, 3.63) is 47.1 Å². The van der Waals surface area contributed by atoms with E-state index in [4.69, 9.17) is 15.5 Å². The van der Waals surface area contributed by atoms with E-state index in [1.54, 1.807) is 17.0 Å². The maximum atomic E-state index is 12.7. The number of hydrogen-bond donors (Lipinski definition) is 2. The van der Waals surface area contributed by atoms with Crippen molar-refractivity contribution in [3.8, 4) is 11.4 Å². The molecule has 0 spiro atoms. The summed E-state index contributed by atoms with van der Waals surface area (Å²) in [4.78, 5) is 36.1. The predicted octanol–water partition coefficient (Wildman–Crippen LogP) is 3.66. The molecule has 2 atom stereocenters. The number of amides is 2. The average Bonchev–Trinajstić information content (AvgIpc) is 3.40. The Balaban J connectivity index is 1.44. The van der Waals surface area contributed by atoms with Gasteiger partial charge in [0.2, 0.25) is 5.91 Å². The van der Waals surface area contributed by atoms with E-state index in [0.717, 1.165) is 30.2 Å². The molecule has 0 aliphatic carbocycles. The Morgan fingerprint density at radius 1 is 1.14 bits per heavy atom. The first kappa shape index (κ1) is 24.9. The van der Waals surface area contributed by atoms with Gasteiger partial charge in [-0.05, 0) is 37.0 Å². The Labute approximate surface area is 209 Å². The Kier molecular flexibility index (Phi) is 6.95. The van der Waals surface area contributed by atoms with E-state index in [2.05, 4.69) is 29.0 Å². The zero-order chi connectivity index (χ0) is 25.3. The van der Waals surface area contributed by atoms with Gasteiger partial charge >= 0.3 is 0 Å². The molecule has 1 fully saturated rings. The zero-order valence-corrected chi connectivity index (χ0v) is 21.6. The predicted molar refractivity (Wildman–Crippen MR) is 138 cm³/mol. The van der Waals surface area contributed by atoms with Crippen molar-refractivity contribution >= 4 is 34.1 Å². The van der Waals surface area contributed by atoms with E-state index < -0.39 is 5.91 Å². The molecule has 2 unspecified atom stereocenters. The summed E-state index contributed by atoms with van der Waals surface area (Å²) in [5.41, 5.74) is 7.95. The maximum Gasteiger partial charge on any atom is 0.250 e. The van der Waals surface area contributed by atoms with Crippen LogP contribution in [0.1, 0.15) is 50.5 Å². The van der Waals surface area contributed by atoms with Crippen LogP contribution in [-0.2, 0) is 21.5 Å². The molecule has 3 N–H and O–H groups in total. The molecule has 0 aromatic carbocycles. The quantitative estimate of drug-likeness (QED) is 0.538. The van der Waals surface area contributed by atoms with Crippen molar-refractivity contribution in [2.45, 2.75) is 58.8 Å². The second-order valence-corrected chi connectivity index (χ2v) is 10.9. The van der Waals surface area contributed by atoms with E-state index in [-0.39, 0.29) is 30.1 Å². The van der Waals surface area contributed by atoms with Crippen LogP contribution in [0.15, 0.2) is 36.0 Å². The number of pyridine rings is 1. The highest BCUT2D eigenvalue weighted by Gasteiger charge is 2.25. The van der Waals surface area contributed by atoms with Gasteiger partial charge in [-0.3, -0.25) is 9.59 Å². The van der Waals surface area contributed by atoms with Crippen LogP contribution in [0.2, 0.25) is 0 Å². The third-order valence-corrected chi connectivity index (χ3v) is 6.53. The first-order valence-electron chi connectivity index (χ1n) is 11.6. The van der Waals surface area contributed by atoms with Crippen molar-refractivity contribution < 1.29 is 14.3 Å². The van der Waals surface area contributed by atoms with Crippen molar-refractivity contribution in [1.82, 2.24) is 14.5 Å². The molecule has 1 saturated heterocycles. The number of nitrogens with two attached hydrogens (primary N) is 1. The summed E-state index contributed by atoms with van der Waals surface area (Å²) in [5.74, 6) is 0.139. The maximum absolute atomic E-state index is 12.7. The fraction of sp³-hybridized carbons (Fsp3) is 0.440. The monoisotopic (exact) mass is 496 g/mol. The molecular weight excluding hydrogens is 464 g/mol. The molecule has 4 rings (SSSR count). The van der Waals surface area contributed by atoms with Crippen LogP contribution in [-0.4, -0.2) is 51.6 Å². The Hall–Kier alpha value is -3.24. The lowest BCUT2D eigenvalue weighted by Crippen LogP contribution is -2.45. The lowest BCUT2D eigenvalue weighted by molar-refractivity contribution is -0.116. The summed E-state index contributed by atoms with van der Waals surface area (Å²) in [6.45, 7) is 11.7. The van der Waals surface area contributed by atoms with Crippen LogP contribution >= 0.6 is 11.3 Å². The zero-order valence-electron chi connectivity index (χ0n) is 20.7. The standard InChI is InChI=1S/C25H32N6O3S/c1-15-9-31(10-16(2)34-15)21-8-6-7-19(27-21)20-14-35-24(28-20)29-22(32)13-30-11-17(23(26)33)18(12-30)25(3,4)5/h6-8,11-12,14-16H,9-10,13H2,1-5H3,(H2,26,33)(H,28,29,32). The van der Waals surface area contributed by atoms with Gasteiger partial charge in [-0.2, -0.15) is 0 Å². The SMILES string of the molecule is CC1CN(c2cccc(-c3csc(NC(=O)Cn4cc(C(N)=O)c(C(C)(C)C)c4)n3)n2)CC(C)O1. The van der Waals surface area contributed by atoms with Gasteiger partial charge < -0.3 is 25.3 Å². The molecule has 2 amide bonds. The number of hydrogen-bond acceptors (Lipinski definition) is 7. The van der Waals surface area contributed by atoms with E-state index in [1.165, 1.54) is 11.3 Å². The van der Waals surface area contributed by atoms with Gasteiger partial charge in [-0.25, -0.2) is 9.97 Å². The number of primary amides is 1. The highest BCUT2D eigenvalue weighted by molar-refractivity contribution is 7.14. The van der Waals surface area contributed by atoms with Crippen molar-refractivity contribution in [2.75, 3.05) is 23.3 Å². The number of thiazole rings is 1. The topological polar surface area (TPSA) is 115 Å². The first-order chi connectivity index (χ1) is 16.5. The van der Waals surface area contributed by atoms with Crippen LogP contribution in [0.3, 0.4) is 0 Å². The normalized spacial score (nSPS) is 18.5. The second-order valence-electron chi connectivity index (χ2n) is 10.0. The minimum atomic E-state index is -0.505. The molecule has 9 nitrogen and oxygen atoms in total. The van der Waals surface area contributed by atoms with Gasteiger partial charge in [0, 0.05) is 30.9 Å². The van der Waals surface area contributed by atoms with E-state index in [1.807, 2.05) is 44.4 Å². The van der Waals surface area contributed by atoms with Crippen molar-refractivity contribution in [2.24, 2.45) is 5.73 Å². The first-order valence-corrected chi connectivity index (χ1v) is 12.5. The highest BCUT2D eigenvalue weighted by Crippen LogP contribution is 2.28. The number of carbonyl (C=O) groups is 2. The van der Waals surface area contributed by atoms with Crippen LogP contribution in [0.5, 0.6) is 0 Å². The molecule has 3 aromatic rings. The fourth-order valence-electron chi connectivity index (χ4n) is 4.27. The van der Waals surface area contributed by atoms with Gasteiger partial charge in [0.05, 0.1) is 23.5 Å². The Morgan fingerprint density at radius 2 is 1.86 bits per heavy atom. The van der Waals surface area contributed by atoms with Gasteiger partial charge in [0.25, 0.3) is 5.91 Å². The largest absolute Gasteiger partial charge is 0.372 e. The Bertz CT molecular complexity index is 1220. The molecule has 0 saturated carbocycles. The van der Waals surface area contributed by atoms with Crippen molar-refractivity contribution in [1.29, 1.82) is 0 Å². The van der Waals surface area contributed by atoms with Crippen LogP contribution in [0.4, 0.5) is 10.9 Å². The van der Waals surface area contributed by atoms with Gasteiger partial charge in [-0.15, -0.1) is 11.3 Å². The molecule has 4 heterocycles. The third kappa shape index (κ3) is 5.88. The summed E-state index contributed by atoms with van der Waals surface area (Å²) >= 11 is 1.34. The van der Waals surface area contributed by atoms with Crippen molar-refractivity contribution in [3.63, 3.8) is 0 Å². The molecule has 0 bridgehead atoms. The summed E-state index contributed by atoms with van der Waals surface area (Å²) in [6.07, 6.45) is 3.71. The molecular formula is C25H32N6O3S. The number of anilines is 2. The second kappa shape index (κ2) is 9.79. The van der Waals surface area contributed by atoms with Gasteiger partial charge in [-0.1, -0.05) is 26.8 Å². The molecule has 10 heteroatoms. The lowest BCUT2D eigenvalue weighted by Gasteiger charge is -2.36. The van der Waals surface area contributed by atoms with E-state index in [9.17, 15) is 9.59 Å². The number of nitrogens with zero attached hydrogens (tertiary/aromatic N) is 4. The third-order valence-electron chi connectivity index (χ3n) is 5.77. The summed E-state index contributed by atoms with van der Waals surface area (Å²) in [5, 5.41) is 5.21.